The van der Waals surface area contributed by atoms with E-state index in [1.54, 1.807) is 0 Å². The molecule has 0 aromatic carbocycles. The number of aromatic nitrogens is 2. The van der Waals surface area contributed by atoms with E-state index in [2.05, 4.69) is 52.0 Å². The first-order valence-corrected chi connectivity index (χ1v) is 8.15. The minimum absolute atomic E-state index is 0.609. The molecule has 2 aromatic heterocycles. The lowest BCUT2D eigenvalue weighted by Gasteiger charge is -2.26. The fourth-order valence-electron chi connectivity index (χ4n) is 3.94. The van der Waals surface area contributed by atoms with Gasteiger partial charge < -0.3 is 4.90 Å². The van der Waals surface area contributed by atoms with Crippen LogP contribution in [0.3, 0.4) is 0 Å². The first-order chi connectivity index (χ1) is 10.8. The molecule has 114 valence electrons. The van der Waals surface area contributed by atoms with Gasteiger partial charge in [-0.2, -0.15) is 0 Å². The van der Waals surface area contributed by atoms with Crippen LogP contribution in [-0.2, 0) is 6.54 Å². The number of hydrogen-bond acceptors (Lipinski definition) is 4. The maximum atomic E-state index is 4.72. The van der Waals surface area contributed by atoms with Crippen molar-refractivity contribution < 1.29 is 0 Å². The predicted molar refractivity (Wildman–Crippen MR) is 87.8 cm³/mol. The Morgan fingerprint density at radius 1 is 1.05 bits per heavy atom. The number of pyridine rings is 2. The van der Waals surface area contributed by atoms with Crippen molar-refractivity contribution in [2.24, 2.45) is 0 Å². The lowest BCUT2D eigenvalue weighted by molar-refractivity contribution is 0.243. The summed E-state index contributed by atoms with van der Waals surface area (Å²) < 4.78 is 0. The molecule has 4 heteroatoms. The Kier molecular flexibility index (Phi) is 3.54. The molecule has 0 saturated carbocycles. The molecule has 4 nitrogen and oxygen atoms in total. The molecule has 2 aliphatic rings. The molecule has 22 heavy (non-hydrogen) atoms. The SMILES string of the molecule is Cc1cccc(N2CC[C@@H]3[C@H]2CCN3Cc2ccccn2)n1. The second kappa shape index (κ2) is 5.69. The molecule has 4 rings (SSSR count). The van der Waals surface area contributed by atoms with Crippen molar-refractivity contribution >= 4 is 5.82 Å². The van der Waals surface area contributed by atoms with E-state index in [1.807, 2.05) is 12.3 Å². The summed E-state index contributed by atoms with van der Waals surface area (Å²) in [5.74, 6) is 1.15. The summed E-state index contributed by atoms with van der Waals surface area (Å²) in [7, 11) is 0. The molecule has 0 N–H and O–H groups in total. The van der Waals surface area contributed by atoms with Crippen molar-refractivity contribution in [1.82, 2.24) is 14.9 Å². The van der Waals surface area contributed by atoms with Gasteiger partial charge in [0, 0.05) is 43.6 Å². The van der Waals surface area contributed by atoms with Gasteiger partial charge in [0.1, 0.15) is 5.82 Å². The minimum Gasteiger partial charge on any atom is -0.352 e. The predicted octanol–water partition coefficient (Wildman–Crippen LogP) is 2.64. The van der Waals surface area contributed by atoms with Gasteiger partial charge in [-0.3, -0.25) is 9.88 Å². The lowest BCUT2D eigenvalue weighted by atomic mass is 10.1. The lowest BCUT2D eigenvalue weighted by Crippen LogP contribution is -2.36. The molecule has 4 heterocycles. The Morgan fingerprint density at radius 3 is 2.77 bits per heavy atom. The zero-order valence-electron chi connectivity index (χ0n) is 13.0. The average molecular weight is 294 g/mol. The van der Waals surface area contributed by atoms with Crippen LogP contribution in [0.5, 0.6) is 0 Å². The molecule has 0 unspecified atom stereocenters. The van der Waals surface area contributed by atoms with E-state index < -0.39 is 0 Å². The summed E-state index contributed by atoms with van der Waals surface area (Å²) in [5, 5.41) is 0. The van der Waals surface area contributed by atoms with Crippen molar-refractivity contribution in [3.63, 3.8) is 0 Å². The normalized spacial score (nSPS) is 24.7. The monoisotopic (exact) mass is 294 g/mol. The average Bonchev–Trinajstić information content (AvgIpc) is 3.11. The second-order valence-electron chi connectivity index (χ2n) is 6.33. The van der Waals surface area contributed by atoms with Crippen LogP contribution in [0.25, 0.3) is 0 Å². The van der Waals surface area contributed by atoms with Crippen LogP contribution in [0.15, 0.2) is 42.6 Å². The molecule has 2 saturated heterocycles. The number of aryl methyl sites for hydroxylation is 1. The maximum absolute atomic E-state index is 4.72. The molecule has 0 bridgehead atoms. The Hall–Kier alpha value is -1.94. The number of rotatable bonds is 3. The van der Waals surface area contributed by atoms with Crippen molar-refractivity contribution in [3.05, 3.63) is 54.0 Å². The summed E-state index contributed by atoms with van der Waals surface area (Å²) in [5.41, 5.74) is 2.28. The first kappa shape index (κ1) is 13.7. The van der Waals surface area contributed by atoms with E-state index in [0.717, 1.165) is 31.1 Å². The molecule has 2 aliphatic heterocycles. The molecule has 0 spiro atoms. The quantitative estimate of drug-likeness (QED) is 0.871. The van der Waals surface area contributed by atoms with Crippen LogP contribution >= 0.6 is 0 Å². The Morgan fingerprint density at radius 2 is 1.95 bits per heavy atom. The summed E-state index contributed by atoms with van der Waals surface area (Å²) >= 11 is 0. The van der Waals surface area contributed by atoms with Crippen molar-refractivity contribution in [2.45, 2.75) is 38.4 Å². The molecular formula is C18H22N4. The van der Waals surface area contributed by atoms with Crippen LogP contribution in [0, 0.1) is 6.92 Å². The highest BCUT2D eigenvalue weighted by atomic mass is 15.3. The van der Waals surface area contributed by atoms with Gasteiger partial charge in [0.2, 0.25) is 0 Å². The van der Waals surface area contributed by atoms with Gasteiger partial charge in [0.15, 0.2) is 0 Å². The topological polar surface area (TPSA) is 32.3 Å². The van der Waals surface area contributed by atoms with Crippen LogP contribution in [0.2, 0.25) is 0 Å². The van der Waals surface area contributed by atoms with Gasteiger partial charge in [-0.15, -0.1) is 0 Å². The third kappa shape index (κ3) is 2.48. The van der Waals surface area contributed by atoms with E-state index in [-0.39, 0.29) is 0 Å². The second-order valence-corrected chi connectivity index (χ2v) is 6.33. The number of fused-ring (bicyclic) bond motifs is 1. The summed E-state index contributed by atoms with van der Waals surface area (Å²) in [6.45, 7) is 5.31. The van der Waals surface area contributed by atoms with Crippen LogP contribution in [-0.4, -0.2) is 40.0 Å². The number of hydrogen-bond donors (Lipinski definition) is 0. The Labute approximate surface area is 131 Å². The van der Waals surface area contributed by atoms with E-state index in [0.29, 0.717) is 12.1 Å². The maximum Gasteiger partial charge on any atom is 0.129 e. The molecule has 2 fully saturated rings. The van der Waals surface area contributed by atoms with E-state index >= 15 is 0 Å². The Balaban J connectivity index is 1.49. The molecule has 0 radical (unpaired) electrons. The summed E-state index contributed by atoms with van der Waals surface area (Å²) in [4.78, 5) is 14.3. The van der Waals surface area contributed by atoms with E-state index in [4.69, 9.17) is 4.98 Å². The van der Waals surface area contributed by atoms with E-state index in [1.165, 1.54) is 18.5 Å². The Bertz CT molecular complexity index is 643. The van der Waals surface area contributed by atoms with Crippen molar-refractivity contribution in [1.29, 1.82) is 0 Å². The third-order valence-corrected chi connectivity index (χ3v) is 4.95. The van der Waals surface area contributed by atoms with Gasteiger partial charge in [-0.25, -0.2) is 4.98 Å². The highest BCUT2D eigenvalue weighted by molar-refractivity contribution is 5.43. The van der Waals surface area contributed by atoms with Crippen molar-refractivity contribution in [3.8, 4) is 0 Å². The van der Waals surface area contributed by atoms with Gasteiger partial charge in [0.25, 0.3) is 0 Å². The summed E-state index contributed by atoms with van der Waals surface area (Å²) in [6, 6.07) is 13.8. The molecule has 2 atom stereocenters. The highest BCUT2D eigenvalue weighted by Crippen LogP contribution is 2.34. The number of nitrogens with zero attached hydrogens (tertiary/aromatic N) is 4. The number of anilines is 1. The minimum atomic E-state index is 0.609. The van der Waals surface area contributed by atoms with Crippen molar-refractivity contribution in [2.75, 3.05) is 18.0 Å². The van der Waals surface area contributed by atoms with Crippen LogP contribution < -0.4 is 4.90 Å². The molecular weight excluding hydrogens is 272 g/mol. The number of likely N-dealkylation sites (tertiary alicyclic amines) is 1. The highest BCUT2D eigenvalue weighted by Gasteiger charge is 2.42. The molecule has 0 aliphatic carbocycles. The van der Waals surface area contributed by atoms with Gasteiger partial charge >= 0.3 is 0 Å². The largest absolute Gasteiger partial charge is 0.352 e. The fourth-order valence-corrected chi connectivity index (χ4v) is 3.94. The summed E-state index contributed by atoms with van der Waals surface area (Å²) in [6.07, 6.45) is 4.35. The zero-order chi connectivity index (χ0) is 14.9. The van der Waals surface area contributed by atoms with Crippen LogP contribution in [0.1, 0.15) is 24.2 Å². The molecule has 2 aromatic rings. The van der Waals surface area contributed by atoms with Gasteiger partial charge in [0.05, 0.1) is 5.69 Å². The third-order valence-electron chi connectivity index (χ3n) is 4.95. The van der Waals surface area contributed by atoms with Gasteiger partial charge in [-0.1, -0.05) is 12.1 Å². The van der Waals surface area contributed by atoms with E-state index in [9.17, 15) is 0 Å². The van der Waals surface area contributed by atoms with Gasteiger partial charge in [-0.05, 0) is 44.0 Å². The zero-order valence-corrected chi connectivity index (χ0v) is 13.0. The standard InChI is InChI=1S/C18H22N4/c1-14-5-4-7-18(20-14)22-12-9-16-17(22)8-11-21(16)13-15-6-2-3-10-19-15/h2-7,10,16-17H,8-9,11-13H2,1H3/t16-,17-/m1/s1. The van der Waals surface area contributed by atoms with Crippen LogP contribution in [0.4, 0.5) is 5.82 Å². The molecule has 0 amide bonds. The fraction of sp³-hybridized carbons (Fsp3) is 0.444. The first-order valence-electron chi connectivity index (χ1n) is 8.15. The smallest absolute Gasteiger partial charge is 0.129 e.